The lowest BCUT2D eigenvalue weighted by Gasteiger charge is -2.35. The third kappa shape index (κ3) is 4.70. The average molecular weight is 403 g/mol. The summed E-state index contributed by atoms with van der Waals surface area (Å²) in [5, 5.41) is 21.5. The van der Waals surface area contributed by atoms with Crippen molar-refractivity contribution in [1.82, 2.24) is 9.88 Å². The Morgan fingerprint density at radius 2 is 2.00 bits per heavy atom. The molecule has 0 atom stereocenters. The van der Waals surface area contributed by atoms with Crippen LogP contribution in [0, 0.1) is 17.1 Å². The molecule has 6 nitrogen and oxygen atoms in total. The Labute approximate surface area is 167 Å². The lowest BCUT2D eigenvalue weighted by molar-refractivity contribution is 0.105. The van der Waals surface area contributed by atoms with E-state index in [9.17, 15) is 14.3 Å². The van der Waals surface area contributed by atoms with E-state index in [4.69, 9.17) is 16.9 Å². The summed E-state index contributed by atoms with van der Waals surface area (Å²) in [4.78, 5) is 17.1. The highest BCUT2D eigenvalue weighted by atomic mass is 35.5. The van der Waals surface area contributed by atoms with Crippen LogP contribution in [-0.2, 0) is 6.54 Å². The highest BCUT2D eigenvalue weighted by Gasteiger charge is 2.29. The van der Waals surface area contributed by atoms with E-state index >= 15 is 0 Å². The van der Waals surface area contributed by atoms with E-state index < -0.39 is 11.9 Å². The molecular formula is C20H20ClFN4O2. The van der Waals surface area contributed by atoms with Crippen LogP contribution in [0.15, 0.2) is 36.4 Å². The minimum absolute atomic E-state index is 0.00793. The van der Waals surface area contributed by atoms with E-state index in [1.165, 1.54) is 4.90 Å². The predicted molar refractivity (Wildman–Crippen MR) is 104 cm³/mol. The highest BCUT2D eigenvalue weighted by Crippen LogP contribution is 2.28. The van der Waals surface area contributed by atoms with Crippen LogP contribution in [0.1, 0.15) is 36.8 Å². The van der Waals surface area contributed by atoms with Gasteiger partial charge in [-0.25, -0.2) is 14.2 Å². The number of hydrogen-bond donors (Lipinski definition) is 2. The third-order valence-electron chi connectivity index (χ3n) is 4.97. The Morgan fingerprint density at radius 3 is 2.61 bits per heavy atom. The molecule has 3 rings (SSSR count). The molecule has 8 heteroatoms. The van der Waals surface area contributed by atoms with Crippen LogP contribution in [0.25, 0.3) is 0 Å². The summed E-state index contributed by atoms with van der Waals surface area (Å²) in [6.07, 6.45) is 1.77. The maximum Gasteiger partial charge on any atom is 0.407 e. The van der Waals surface area contributed by atoms with Crippen molar-refractivity contribution < 1.29 is 14.3 Å². The van der Waals surface area contributed by atoms with Gasteiger partial charge in [-0.2, -0.15) is 5.26 Å². The molecule has 1 fully saturated rings. The number of nitrogens with zero attached hydrogens (tertiary/aromatic N) is 3. The van der Waals surface area contributed by atoms with E-state index in [2.05, 4.69) is 10.3 Å². The zero-order valence-corrected chi connectivity index (χ0v) is 15.9. The average Bonchev–Trinajstić information content (AvgIpc) is 2.70. The number of nitriles is 1. The molecule has 0 bridgehead atoms. The summed E-state index contributed by atoms with van der Waals surface area (Å²) in [7, 11) is 0. The Balaban J connectivity index is 1.61. The summed E-state index contributed by atoms with van der Waals surface area (Å²) in [6.45, 7) is 0.348. The Kier molecular flexibility index (Phi) is 6.32. The van der Waals surface area contributed by atoms with Crippen LogP contribution in [0.4, 0.5) is 15.0 Å². The van der Waals surface area contributed by atoms with Crippen molar-refractivity contribution in [2.75, 3.05) is 5.32 Å². The molecule has 1 aliphatic rings. The fourth-order valence-corrected chi connectivity index (χ4v) is 3.69. The summed E-state index contributed by atoms with van der Waals surface area (Å²) < 4.78 is 14.1. The van der Waals surface area contributed by atoms with Crippen molar-refractivity contribution in [3.05, 3.63) is 58.5 Å². The highest BCUT2D eigenvalue weighted by molar-refractivity contribution is 6.30. The molecule has 2 aromatic rings. The topological polar surface area (TPSA) is 89.2 Å². The number of anilines is 1. The molecule has 1 aliphatic carbocycles. The molecule has 1 amide bonds. The second-order valence-electron chi connectivity index (χ2n) is 6.81. The number of benzene rings is 1. The SMILES string of the molecule is N#Cc1cc(F)c(N[C@H]2CC[C@H](N(Cc3ccccc3)C(=O)O)CC2)nc1Cl. The van der Waals surface area contributed by atoms with Crippen LogP contribution in [0.3, 0.4) is 0 Å². The van der Waals surface area contributed by atoms with Crippen molar-refractivity contribution in [2.45, 2.75) is 44.3 Å². The molecule has 0 saturated heterocycles. The van der Waals surface area contributed by atoms with Crippen LogP contribution in [0.2, 0.25) is 5.15 Å². The van der Waals surface area contributed by atoms with E-state index in [0.717, 1.165) is 11.6 Å². The van der Waals surface area contributed by atoms with E-state index in [1.807, 2.05) is 30.3 Å². The minimum atomic E-state index is -0.938. The summed E-state index contributed by atoms with van der Waals surface area (Å²) >= 11 is 5.88. The van der Waals surface area contributed by atoms with Crippen molar-refractivity contribution in [2.24, 2.45) is 0 Å². The van der Waals surface area contributed by atoms with Crippen LogP contribution in [-0.4, -0.2) is 33.2 Å². The summed E-state index contributed by atoms with van der Waals surface area (Å²) in [5.74, 6) is -0.605. The van der Waals surface area contributed by atoms with Crippen molar-refractivity contribution in [3.8, 4) is 6.07 Å². The number of rotatable bonds is 5. The zero-order valence-electron chi connectivity index (χ0n) is 15.1. The normalized spacial score (nSPS) is 18.9. The maximum absolute atomic E-state index is 14.1. The van der Waals surface area contributed by atoms with Gasteiger partial charge in [0.25, 0.3) is 0 Å². The smallest absolute Gasteiger partial charge is 0.407 e. The molecule has 0 radical (unpaired) electrons. The number of hydrogen-bond acceptors (Lipinski definition) is 4. The molecule has 1 heterocycles. The van der Waals surface area contributed by atoms with Crippen LogP contribution < -0.4 is 5.32 Å². The molecule has 28 heavy (non-hydrogen) atoms. The molecular weight excluding hydrogens is 383 g/mol. The van der Waals surface area contributed by atoms with E-state index in [-0.39, 0.29) is 28.6 Å². The zero-order chi connectivity index (χ0) is 20.1. The number of nitrogens with one attached hydrogen (secondary N) is 1. The van der Waals surface area contributed by atoms with Gasteiger partial charge in [0.05, 0.1) is 5.56 Å². The molecule has 1 aromatic carbocycles. The van der Waals surface area contributed by atoms with Gasteiger partial charge in [0.15, 0.2) is 11.6 Å². The van der Waals surface area contributed by atoms with E-state index in [0.29, 0.717) is 32.2 Å². The van der Waals surface area contributed by atoms with Gasteiger partial charge in [-0.15, -0.1) is 0 Å². The number of carboxylic acid groups (broad SMARTS) is 1. The fourth-order valence-electron chi connectivity index (χ4n) is 3.50. The Bertz CT molecular complexity index is 880. The number of aromatic nitrogens is 1. The quantitative estimate of drug-likeness (QED) is 0.710. The van der Waals surface area contributed by atoms with Gasteiger partial charge in [0.2, 0.25) is 0 Å². The lowest BCUT2D eigenvalue weighted by atomic mass is 9.90. The first-order valence-corrected chi connectivity index (χ1v) is 9.42. The van der Waals surface area contributed by atoms with Crippen molar-refractivity contribution in [1.29, 1.82) is 5.26 Å². The fraction of sp³-hybridized carbons (Fsp3) is 0.350. The first-order valence-electron chi connectivity index (χ1n) is 9.04. The minimum Gasteiger partial charge on any atom is -0.465 e. The molecule has 146 valence electrons. The third-order valence-corrected chi connectivity index (χ3v) is 5.26. The molecule has 1 aromatic heterocycles. The van der Waals surface area contributed by atoms with Gasteiger partial charge < -0.3 is 15.3 Å². The van der Waals surface area contributed by atoms with Crippen molar-refractivity contribution >= 4 is 23.5 Å². The van der Waals surface area contributed by atoms with Crippen LogP contribution >= 0.6 is 11.6 Å². The van der Waals surface area contributed by atoms with Gasteiger partial charge in [-0.05, 0) is 37.3 Å². The van der Waals surface area contributed by atoms with Gasteiger partial charge in [-0.1, -0.05) is 41.9 Å². The van der Waals surface area contributed by atoms with E-state index in [1.54, 1.807) is 6.07 Å². The summed E-state index contributed by atoms with van der Waals surface area (Å²) in [5.41, 5.74) is 0.940. The standard InChI is InChI=1S/C20H20ClFN4O2/c21-18-14(11-23)10-17(22)19(25-18)24-15-6-8-16(9-7-15)26(20(27)28)12-13-4-2-1-3-5-13/h1-5,10,15-16H,6-9,12H2,(H,24,25)(H,27,28)/t15-,16-. The number of carbonyl (C=O) groups is 1. The Hall–Kier alpha value is -2.85. The number of amides is 1. The molecule has 0 aliphatic heterocycles. The lowest BCUT2D eigenvalue weighted by Crippen LogP contribution is -2.43. The predicted octanol–water partition coefficient (Wildman–Crippen LogP) is 4.65. The van der Waals surface area contributed by atoms with Gasteiger partial charge in [-0.3, -0.25) is 0 Å². The first kappa shape index (κ1) is 19.9. The van der Waals surface area contributed by atoms with Gasteiger partial charge in [0.1, 0.15) is 11.2 Å². The molecule has 0 unspecified atom stereocenters. The van der Waals surface area contributed by atoms with Gasteiger partial charge >= 0.3 is 6.09 Å². The monoisotopic (exact) mass is 402 g/mol. The largest absolute Gasteiger partial charge is 0.465 e. The second-order valence-corrected chi connectivity index (χ2v) is 7.17. The summed E-state index contributed by atoms with van der Waals surface area (Å²) in [6, 6.07) is 12.2. The van der Waals surface area contributed by atoms with Gasteiger partial charge in [0, 0.05) is 18.6 Å². The van der Waals surface area contributed by atoms with Crippen LogP contribution in [0.5, 0.6) is 0 Å². The number of pyridine rings is 1. The second kappa shape index (κ2) is 8.89. The van der Waals surface area contributed by atoms with Crippen molar-refractivity contribution in [3.63, 3.8) is 0 Å². The number of halogens is 2. The maximum atomic E-state index is 14.1. The molecule has 2 N–H and O–H groups in total. The molecule has 0 spiro atoms. The first-order chi connectivity index (χ1) is 13.5. The molecule has 1 saturated carbocycles. The Morgan fingerprint density at radius 1 is 1.32 bits per heavy atom.